The quantitative estimate of drug-likeness (QED) is 0.289. The maximum atomic E-state index is 5.73. The maximum Gasteiger partial charge on any atom is 0.117 e. The van der Waals surface area contributed by atoms with Crippen LogP contribution >= 0.6 is 0 Å². The molecule has 0 aliphatic heterocycles. The van der Waals surface area contributed by atoms with Gasteiger partial charge >= 0.3 is 0 Å². The summed E-state index contributed by atoms with van der Waals surface area (Å²) < 4.78 is 0. The van der Waals surface area contributed by atoms with Crippen LogP contribution in [0.3, 0.4) is 0 Å². The number of aryl methyl sites for hydroxylation is 3. The first-order chi connectivity index (χ1) is 15.6. The molecule has 0 spiro atoms. The number of pyridine rings is 2. The van der Waals surface area contributed by atoms with Crippen LogP contribution in [0.2, 0.25) is 0 Å². The van der Waals surface area contributed by atoms with Crippen molar-refractivity contribution in [1.82, 2.24) is 9.97 Å². The molecule has 0 fully saturated rings. The van der Waals surface area contributed by atoms with Gasteiger partial charge in [-0.25, -0.2) is 4.98 Å². The van der Waals surface area contributed by atoms with Gasteiger partial charge in [0.05, 0.1) is 16.9 Å². The van der Waals surface area contributed by atoms with E-state index in [1.165, 1.54) is 29.2 Å². The molecule has 2 aromatic heterocycles. The summed E-state index contributed by atoms with van der Waals surface area (Å²) in [5.41, 5.74) is 9.46. The third-order valence-electron chi connectivity index (χ3n) is 5.97. The molecule has 6 heteroatoms. The van der Waals surface area contributed by atoms with Crippen molar-refractivity contribution in [2.45, 2.75) is 52.9 Å². The lowest BCUT2D eigenvalue weighted by Crippen LogP contribution is -2.17. The van der Waals surface area contributed by atoms with Crippen molar-refractivity contribution < 1.29 is 9.68 Å². The molecule has 0 saturated carbocycles. The summed E-state index contributed by atoms with van der Waals surface area (Å²) in [4.78, 5) is 20.2. The van der Waals surface area contributed by atoms with Gasteiger partial charge in [-0.1, -0.05) is 34.6 Å². The Morgan fingerprint density at radius 3 is 2.75 bits per heavy atom. The van der Waals surface area contributed by atoms with Crippen LogP contribution < -0.4 is 0 Å². The van der Waals surface area contributed by atoms with Crippen molar-refractivity contribution in [3.63, 3.8) is 0 Å². The van der Waals surface area contributed by atoms with E-state index in [-0.39, 0.29) is 0 Å². The lowest BCUT2D eigenvalue weighted by Gasteiger charge is -2.20. The second kappa shape index (κ2) is 9.90. The zero-order valence-electron chi connectivity index (χ0n) is 19.3. The molecule has 0 radical (unpaired) electrons. The zero-order chi connectivity index (χ0) is 22.5. The van der Waals surface area contributed by atoms with Gasteiger partial charge in [-0.3, -0.25) is 4.98 Å². The molecule has 1 aliphatic rings. The smallest absolute Gasteiger partial charge is 0.117 e. The highest BCUT2D eigenvalue weighted by atomic mass is 16.6. The molecule has 4 rings (SSSR count). The molecule has 0 atom stereocenters. The van der Waals surface area contributed by atoms with E-state index >= 15 is 0 Å². The fourth-order valence-corrected chi connectivity index (χ4v) is 4.26. The number of rotatable bonds is 7. The minimum atomic E-state index is 0.543. The van der Waals surface area contributed by atoms with Gasteiger partial charge in [-0.2, -0.15) is 0 Å². The van der Waals surface area contributed by atoms with Crippen molar-refractivity contribution in [3.8, 4) is 0 Å². The fourth-order valence-electron chi connectivity index (χ4n) is 4.26. The first-order valence-electron chi connectivity index (χ1n) is 11.2. The Kier molecular flexibility index (Phi) is 6.78. The SMILES string of the molecule is CO/N=C(\C)c1cccc(CCCO/N=C2\CCCc3c2nc2c(C)cccc2c3C)n1. The lowest BCUT2D eigenvalue weighted by atomic mass is 9.89. The Hall–Kier alpha value is -3.28. The summed E-state index contributed by atoms with van der Waals surface area (Å²) >= 11 is 0. The van der Waals surface area contributed by atoms with E-state index in [1.54, 1.807) is 0 Å². The molecule has 32 heavy (non-hydrogen) atoms. The van der Waals surface area contributed by atoms with Gasteiger partial charge in [-0.15, -0.1) is 0 Å². The van der Waals surface area contributed by atoms with Crippen molar-refractivity contribution in [1.29, 1.82) is 0 Å². The number of fused-ring (bicyclic) bond motifs is 2. The van der Waals surface area contributed by atoms with Crippen LogP contribution in [0.4, 0.5) is 0 Å². The van der Waals surface area contributed by atoms with E-state index in [4.69, 9.17) is 14.7 Å². The van der Waals surface area contributed by atoms with Gasteiger partial charge in [0, 0.05) is 11.1 Å². The summed E-state index contributed by atoms with van der Waals surface area (Å²) in [6, 6.07) is 12.3. The molecule has 166 valence electrons. The lowest BCUT2D eigenvalue weighted by molar-refractivity contribution is 0.141. The summed E-state index contributed by atoms with van der Waals surface area (Å²) in [7, 11) is 1.54. The molecule has 6 nitrogen and oxygen atoms in total. The van der Waals surface area contributed by atoms with Gasteiger partial charge in [0.15, 0.2) is 0 Å². The largest absolute Gasteiger partial charge is 0.399 e. The average Bonchev–Trinajstić information content (AvgIpc) is 2.80. The zero-order valence-corrected chi connectivity index (χ0v) is 19.3. The second-order valence-electron chi connectivity index (χ2n) is 8.24. The van der Waals surface area contributed by atoms with Crippen LogP contribution in [0.5, 0.6) is 0 Å². The molecule has 2 heterocycles. The fraction of sp³-hybridized carbons (Fsp3) is 0.385. The monoisotopic (exact) mass is 430 g/mol. The molecular formula is C26H30N4O2. The highest BCUT2D eigenvalue weighted by Gasteiger charge is 2.22. The molecule has 1 aromatic carbocycles. The van der Waals surface area contributed by atoms with E-state index < -0.39 is 0 Å². The number of benzene rings is 1. The normalized spacial score (nSPS) is 15.1. The highest BCUT2D eigenvalue weighted by Crippen LogP contribution is 2.30. The molecule has 0 saturated heterocycles. The standard InChI is InChI=1S/C26H30N4O2/c1-17-9-5-12-21-18(2)22-13-7-15-24(26(22)28-25(17)21)30-32-16-8-11-20-10-6-14-23(27-20)19(3)29-31-4/h5-6,9-10,12,14H,7-8,11,13,15-16H2,1-4H3/b29-19+,30-24+. The number of aromatic nitrogens is 2. The number of para-hydroxylation sites is 1. The third-order valence-corrected chi connectivity index (χ3v) is 5.97. The molecule has 0 unspecified atom stereocenters. The van der Waals surface area contributed by atoms with E-state index in [0.717, 1.165) is 66.1 Å². The van der Waals surface area contributed by atoms with Crippen LogP contribution in [0.25, 0.3) is 10.9 Å². The Bertz CT molecular complexity index is 1180. The summed E-state index contributed by atoms with van der Waals surface area (Å²) in [5, 5.41) is 9.70. The van der Waals surface area contributed by atoms with Crippen LogP contribution in [-0.4, -0.2) is 35.1 Å². The summed E-state index contributed by atoms with van der Waals surface area (Å²) in [5.74, 6) is 0. The minimum Gasteiger partial charge on any atom is -0.399 e. The van der Waals surface area contributed by atoms with E-state index in [1.807, 2.05) is 25.1 Å². The predicted octanol–water partition coefficient (Wildman–Crippen LogP) is 5.31. The van der Waals surface area contributed by atoms with E-state index in [9.17, 15) is 0 Å². The summed E-state index contributed by atoms with van der Waals surface area (Å²) in [6.45, 7) is 6.74. The first-order valence-corrected chi connectivity index (χ1v) is 11.2. The van der Waals surface area contributed by atoms with Gasteiger partial charge < -0.3 is 9.68 Å². The Morgan fingerprint density at radius 2 is 1.91 bits per heavy atom. The number of nitrogens with zero attached hydrogens (tertiary/aromatic N) is 4. The number of oxime groups is 2. The third kappa shape index (κ3) is 4.64. The summed E-state index contributed by atoms with van der Waals surface area (Å²) in [6.07, 6.45) is 4.68. The van der Waals surface area contributed by atoms with Crippen LogP contribution in [0.1, 0.15) is 60.0 Å². The van der Waals surface area contributed by atoms with Crippen LogP contribution in [0, 0.1) is 13.8 Å². The molecule has 0 N–H and O–H groups in total. The Morgan fingerprint density at radius 1 is 1.06 bits per heavy atom. The minimum absolute atomic E-state index is 0.543. The van der Waals surface area contributed by atoms with Crippen molar-refractivity contribution in [2.24, 2.45) is 10.3 Å². The van der Waals surface area contributed by atoms with Crippen molar-refractivity contribution in [3.05, 3.63) is 70.2 Å². The number of hydrogen-bond acceptors (Lipinski definition) is 6. The number of hydrogen-bond donors (Lipinski definition) is 0. The molecule has 3 aromatic rings. The molecule has 1 aliphatic carbocycles. The highest BCUT2D eigenvalue weighted by molar-refractivity contribution is 6.03. The van der Waals surface area contributed by atoms with Crippen LogP contribution in [-0.2, 0) is 22.5 Å². The van der Waals surface area contributed by atoms with Gasteiger partial charge in [0.1, 0.15) is 25.1 Å². The second-order valence-corrected chi connectivity index (χ2v) is 8.24. The predicted molar refractivity (Wildman–Crippen MR) is 128 cm³/mol. The topological polar surface area (TPSA) is 69.0 Å². The van der Waals surface area contributed by atoms with Gasteiger partial charge in [0.25, 0.3) is 0 Å². The van der Waals surface area contributed by atoms with Crippen molar-refractivity contribution in [2.75, 3.05) is 13.7 Å². The maximum absolute atomic E-state index is 5.73. The van der Waals surface area contributed by atoms with Gasteiger partial charge in [0.2, 0.25) is 0 Å². The van der Waals surface area contributed by atoms with E-state index in [0.29, 0.717) is 6.61 Å². The first kappa shape index (κ1) is 21.9. The molecule has 0 bridgehead atoms. The van der Waals surface area contributed by atoms with Crippen LogP contribution in [0.15, 0.2) is 46.7 Å². The van der Waals surface area contributed by atoms with E-state index in [2.05, 4.69) is 47.3 Å². The Balaban J connectivity index is 1.43. The van der Waals surface area contributed by atoms with Crippen molar-refractivity contribution >= 4 is 22.3 Å². The Labute approximate surface area is 189 Å². The molecular weight excluding hydrogens is 400 g/mol. The molecule has 0 amide bonds. The van der Waals surface area contributed by atoms with Gasteiger partial charge in [-0.05, 0) is 81.7 Å². The average molecular weight is 431 g/mol.